The van der Waals surface area contributed by atoms with Crippen LogP contribution < -0.4 is 10.6 Å². The van der Waals surface area contributed by atoms with Crippen LogP contribution in [-0.2, 0) is 6.54 Å². The zero-order valence-electron chi connectivity index (χ0n) is 12.1. The lowest BCUT2D eigenvalue weighted by molar-refractivity contribution is 0.474. The molecule has 1 unspecified atom stereocenters. The molecule has 2 rings (SSSR count). The van der Waals surface area contributed by atoms with Gasteiger partial charge in [0.1, 0.15) is 0 Å². The summed E-state index contributed by atoms with van der Waals surface area (Å²) < 4.78 is 0. The van der Waals surface area contributed by atoms with E-state index < -0.39 is 0 Å². The maximum Gasteiger partial charge on any atom is 0.0214 e. The lowest BCUT2D eigenvalue weighted by atomic mass is 10.0. The molecule has 0 aromatic heterocycles. The molecule has 2 aromatic carbocycles. The van der Waals surface area contributed by atoms with Crippen LogP contribution in [0.25, 0.3) is 10.8 Å². The molecule has 0 aliphatic rings. The molecule has 2 heteroatoms. The Morgan fingerprint density at radius 3 is 2.42 bits per heavy atom. The SMILES string of the molecule is CC(C)NCC(C)NCc1cccc2ccccc12. The fraction of sp³-hybridized carbons (Fsp3) is 0.412. The summed E-state index contributed by atoms with van der Waals surface area (Å²) in [5.41, 5.74) is 1.37. The van der Waals surface area contributed by atoms with Gasteiger partial charge in [-0.25, -0.2) is 0 Å². The molecule has 102 valence electrons. The van der Waals surface area contributed by atoms with Crippen molar-refractivity contribution in [1.29, 1.82) is 0 Å². The monoisotopic (exact) mass is 256 g/mol. The number of benzene rings is 2. The van der Waals surface area contributed by atoms with Gasteiger partial charge in [0.2, 0.25) is 0 Å². The van der Waals surface area contributed by atoms with Gasteiger partial charge in [-0.15, -0.1) is 0 Å². The van der Waals surface area contributed by atoms with Crippen LogP contribution in [0.4, 0.5) is 0 Å². The van der Waals surface area contributed by atoms with Gasteiger partial charge >= 0.3 is 0 Å². The van der Waals surface area contributed by atoms with E-state index in [4.69, 9.17) is 0 Å². The van der Waals surface area contributed by atoms with Gasteiger partial charge in [-0.2, -0.15) is 0 Å². The summed E-state index contributed by atoms with van der Waals surface area (Å²) in [5.74, 6) is 0. The van der Waals surface area contributed by atoms with Crippen molar-refractivity contribution in [2.75, 3.05) is 6.54 Å². The zero-order valence-corrected chi connectivity index (χ0v) is 12.1. The van der Waals surface area contributed by atoms with Crippen molar-refractivity contribution in [3.05, 3.63) is 48.0 Å². The molecule has 2 nitrogen and oxygen atoms in total. The molecule has 2 N–H and O–H groups in total. The summed E-state index contributed by atoms with van der Waals surface area (Å²) >= 11 is 0. The van der Waals surface area contributed by atoms with E-state index in [9.17, 15) is 0 Å². The Balaban J connectivity index is 1.98. The minimum atomic E-state index is 0.473. The minimum Gasteiger partial charge on any atom is -0.313 e. The molecule has 0 spiro atoms. The van der Waals surface area contributed by atoms with Crippen LogP contribution in [0.5, 0.6) is 0 Å². The van der Waals surface area contributed by atoms with Crippen LogP contribution in [0.3, 0.4) is 0 Å². The summed E-state index contributed by atoms with van der Waals surface area (Å²) in [6.45, 7) is 8.50. The van der Waals surface area contributed by atoms with Crippen LogP contribution in [0.2, 0.25) is 0 Å². The van der Waals surface area contributed by atoms with Crippen LogP contribution in [-0.4, -0.2) is 18.6 Å². The van der Waals surface area contributed by atoms with Gasteiger partial charge in [-0.05, 0) is 23.3 Å². The summed E-state index contributed by atoms with van der Waals surface area (Å²) in [5, 5.41) is 9.70. The second-order valence-electron chi connectivity index (χ2n) is 5.48. The van der Waals surface area contributed by atoms with E-state index in [2.05, 4.69) is 73.9 Å². The van der Waals surface area contributed by atoms with E-state index >= 15 is 0 Å². The van der Waals surface area contributed by atoms with Crippen molar-refractivity contribution in [3.63, 3.8) is 0 Å². The van der Waals surface area contributed by atoms with Crippen LogP contribution in [0.1, 0.15) is 26.3 Å². The van der Waals surface area contributed by atoms with Gasteiger partial charge in [0.25, 0.3) is 0 Å². The predicted octanol–water partition coefficient (Wildman–Crippen LogP) is 3.32. The van der Waals surface area contributed by atoms with Crippen molar-refractivity contribution in [2.24, 2.45) is 0 Å². The third kappa shape index (κ3) is 4.05. The largest absolute Gasteiger partial charge is 0.313 e. The fourth-order valence-electron chi connectivity index (χ4n) is 2.22. The second kappa shape index (κ2) is 6.69. The first-order chi connectivity index (χ1) is 9.16. The highest BCUT2D eigenvalue weighted by Crippen LogP contribution is 2.18. The molecule has 2 aromatic rings. The van der Waals surface area contributed by atoms with Crippen LogP contribution >= 0.6 is 0 Å². The van der Waals surface area contributed by atoms with E-state index in [0.29, 0.717) is 12.1 Å². The predicted molar refractivity (Wildman–Crippen MR) is 83.4 cm³/mol. The highest BCUT2D eigenvalue weighted by atomic mass is 15.0. The number of hydrogen-bond donors (Lipinski definition) is 2. The number of fused-ring (bicyclic) bond motifs is 1. The van der Waals surface area contributed by atoms with Gasteiger partial charge < -0.3 is 10.6 Å². The summed E-state index contributed by atoms with van der Waals surface area (Å²) in [7, 11) is 0. The molecule has 0 heterocycles. The molecule has 19 heavy (non-hydrogen) atoms. The Kier molecular flexibility index (Phi) is 4.94. The van der Waals surface area contributed by atoms with E-state index in [1.54, 1.807) is 0 Å². The molecule has 0 fully saturated rings. The van der Waals surface area contributed by atoms with Crippen molar-refractivity contribution in [2.45, 2.75) is 39.4 Å². The normalized spacial score (nSPS) is 13.1. The Morgan fingerprint density at radius 1 is 0.895 bits per heavy atom. The molecule has 0 saturated heterocycles. The average molecular weight is 256 g/mol. The number of nitrogens with one attached hydrogen (secondary N) is 2. The molecule has 0 aliphatic carbocycles. The lowest BCUT2D eigenvalue weighted by Gasteiger charge is -2.17. The maximum atomic E-state index is 3.58. The van der Waals surface area contributed by atoms with Gasteiger partial charge in [-0.3, -0.25) is 0 Å². The molecular formula is C17H24N2. The third-order valence-electron chi connectivity index (χ3n) is 3.35. The van der Waals surface area contributed by atoms with Crippen molar-refractivity contribution < 1.29 is 0 Å². The van der Waals surface area contributed by atoms with Crippen molar-refractivity contribution >= 4 is 10.8 Å². The number of hydrogen-bond acceptors (Lipinski definition) is 2. The molecule has 0 amide bonds. The molecule has 0 bridgehead atoms. The van der Waals surface area contributed by atoms with Gasteiger partial charge in [-0.1, -0.05) is 56.3 Å². The molecule has 0 aliphatic heterocycles. The summed E-state index contributed by atoms with van der Waals surface area (Å²) in [4.78, 5) is 0. The highest BCUT2D eigenvalue weighted by Gasteiger charge is 2.04. The van der Waals surface area contributed by atoms with E-state index in [-0.39, 0.29) is 0 Å². The topological polar surface area (TPSA) is 24.1 Å². The molecule has 1 atom stereocenters. The quantitative estimate of drug-likeness (QED) is 0.828. The Hall–Kier alpha value is -1.38. The third-order valence-corrected chi connectivity index (χ3v) is 3.35. The van der Waals surface area contributed by atoms with Gasteiger partial charge in [0.15, 0.2) is 0 Å². The summed E-state index contributed by atoms with van der Waals surface area (Å²) in [6.07, 6.45) is 0. The smallest absolute Gasteiger partial charge is 0.0214 e. The highest BCUT2D eigenvalue weighted by molar-refractivity contribution is 5.85. The van der Waals surface area contributed by atoms with E-state index in [0.717, 1.165) is 13.1 Å². The van der Waals surface area contributed by atoms with Crippen molar-refractivity contribution in [3.8, 4) is 0 Å². The standard InChI is InChI=1S/C17H24N2/c1-13(2)18-11-14(3)19-12-16-9-6-8-15-7-4-5-10-17(15)16/h4-10,13-14,18-19H,11-12H2,1-3H3. The molecule has 0 saturated carbocycles. The van der Waals surface area contributed by atoms with E-state index in [1.807, 2.05) is 0 Å². The Morgan fingerprint density at radius 2 is 1.63 bits per heavy atom. The first-order valence-corrected chi connectivity index (χ1v) is 7.10. The zero-order chi connectivity index (χ0) is 13.7. The van der Waals surface area contributed by atoms with Gasteiger partial charge in [0, 0.05) is 25.2 Å². The average Bonchev–Trinajstić information content (AvgIpc) is 2.42. The molecule has 0 radical (unpaired) electrons. The Labute approximate surface area is 116 Å². The maximum absolute atomic E-state index is 3.58. The van der Waals surface area contributed by atoms with Crippen LogP contribution in [0, 0.1) is 0 Å². The lowest BCUT2D eigenvalue weighted by Crippen LogP contribution is -2.38. The second-order valence-corrected chi connectivity index (χ2v) is 5.48. The fourth-order valence-corrected chi connectivity index (χ4v) is 2.22. The van der Waals surface area contributed by atoms with Crippen LogP contribution in [0.15, 0.2) is 42.5 Å². The first-order valence-electron chi connectivity index (χ1n) is 7.10. The van der Waals surface area contributed by atoms with Gasteiger partial charge in [0.05, 0.1) is 0 Å². The first kappa shape index (κ1) is 14.0. The van der Waals surface area contributed by atoms with E-state index in [1.165, 1.54) is 16.3 Å². The number of rotatable bonds is 6. The van der Waals surface area contributed by atoms with Crippen molar-refractivity contribution in [1.82, 2.24) is 10.6 Å². The Bertz CT molecular complexity index is 514. The molecular weight excluding hydrogens is 232 g/mol. The minimum absolute atomic E-state index is 0.473. The summed E-state index contributed by atoms with van der Waals surface area (Å²) in [6, 6.07) is 16.1.